The highest BCUT2D eigenvalue weighted by atomic mass is 19.1. The van der Waals surface area contributed by atoms with Gasteiger partial charge in [0, 0.05) is 24.2 Å². The number of hydrogen-bond donors (Lipinski definition) is 1. The third-order valence-corrected chi connectivity index (χ3v) is 2.82. The van der Waals surface area contributed by atoms with Crippen LogP contribution in [0.25, 0.3) is 11.3 Å². The van der Waals surface area contributed by atoms with Crippen LogP contribution in [-0.2, 0) is 6.54 Å². The summed E-state index contributed by atoms with van der Waals surface area (Å²) in [5.74, 6) is 0.341. The molecule has 1 aliphatic rings. The fourth-order valence-electron chi connectivity index (χ4n) is 1.71. The van der Waals surface area contributed by atoms with Crippen LogP contribution in [0.15, 0.2) is 34.9 Å². The molecule has 0 amide bonds. The molecule has 1 aromatic heterocycles. The van der Waals surface area contributed by atoms with E-state index in [9.17, 15) is 4.39 Å². The predicted octanol–water partition coefficient (Wildman–Crippen LogP) is 2.73. The molecule has 88 valence electrons. The van der Waals surface area contributed by atoms with Gasteiger partial charge in [-0.3, -0.25) is 0 Å². The number of nitrogens with one attached hydrogen (secondary N) is 1. The Hall–Kier alpha value is -1.68. The summed E-state index contributed by atoms with van der Waals surface area (Å²) in [6.07, 6.45) is 2.49. The lowest BCUT2D eigenvalue weighted by Gasteiger charge is -1.96. The summed E-state index contributed by atoms with van der Waals surface area (Å²) in [5, 5.41) is 7.31. The van der Waals surface area contributed by atoms with Crippen molar-refractivity contribution in [1.82, 2.24) is 10.5 Å². The van der Waals surface area contributed by atoms with Crippen LogP contribution < -0.4 is 5.32 Å². The third-order valence-electron chi connectivity index (χ3n) is 2.82. The zero-order valence-electron chi connectivity index (χ0n) is 9.32. The first-order valence-electron chi connectivity index (χ1n) is 5.76. The van der Waals surface area contributed by atoms with Crippen LogP contribution in [0.2, 0.25) is 0 Å². The zero-order valence-corrected chi connectivity index (χ0v) is 9.32. The molecule has 17 heavy (non-hydrogen) atoms. The second-order valence-corrected chi connectivity index (χ2v) is 4.35. The standard InChI is InChI=1S/C13H13FN2O/c14-10-3-1-2-9(6-10)13-7-12(16-17-13)8-15-11-4-5-11/h1-3,6-7,11,15H,4-5,8H2. The molecule has 0 saturated heterocycles. The molecule has 1 fully saturated rings. The van der Waals surface area contributed by atoms with Crippen molar-refractivity contribution in [2.45, 2.75) is 25.4 Å². The van der Waals surface area contributed by atoms with Gasteiger partial charge in [-0.2, -0.15) is 0 Å². The third kappa shape index (κ3) is 2.53. The average Bonchev–Trinajstić information content (AvgIpc) is 3.04. The summed E-state index contributed by atoms with van der Waals surface area (Å²) in [6.45, 7) is 0.712. The number of nitrogens with zero attached hydrogens (tertiary/aromatic N) is 1. The topological polar surface area (TPSA) is 38.1 Å². The van der Waals surface area contributed by atoms with Crippen molar-refractivity contribution in [3.05, 3.63) is 41.8 Å². The lowest BCUT2D eigenvalue weighted by molar-refractivity contribution is 0.419. The fraction of sp³-hybridized carbons (Fsp3) is 0.308. The Balaban J connectivity index is 1.74. The maximum absolute atomic E-state index is 13.0. The van der Waals surface area contributed by atoms with Gasteiger partial charge >= 0.3 is 0 Å². The van der Waals surface area contributed by atoms with Crippen molar-refractivity contribution in [2.75, 3.05) is 0 Å². The maximum atomic E-state index is 13.0. The van der Waals surface area contributed by atoms with Gasteiger partial charge in [-0.05, 0) is 25.0 Å². The predicted molar refractivity (Wildman–Crippen MR) is 61.8 cm³/mol. The van der Waals surface area contributed by atoms with Crippen LogP contribution in [0.3, 0.4) is 0 Å². The van der Waals surface area contributed by atoms with Gasteiger partial charge in [0.25, 0.3) is 0 Å². The first kappa shape index (κ1) is 10.5. The second kappa shape index (κ2) is 4.30. The normalized spacial score (nSPS) is 15.1. The summed E-state index contributed by atoms with van der Waals surface area (Å²) in [5.41, 5.74) is 1.58. The van der Waals surface area contributed by atoms with E-state index in [0.717, 1.165) is 11.3 Å². The van der Waals surface area contributed by atoms with E-state index in [1.807, 2.05) is 12.1 Å². The van der Waals surface area contributed by atoms with Gasteiger partial charge < -0.3 is 9.84 Å². The average molecular weight is 232 g/mol. The SMILES string of the molecule is Fc1cccc(-c2cc(CNC3CC3)no2)c1. The highest BCUT2D eigenvalue weighted by Crippen LogP contribution is 2.22. The lowest BCUT2D eigenvalue weighted by atomic mass is 10.1. The first-order valence-corrected chi connectivity index (χ1v) is 5.76. The highest BCUT2D eigenvalue weighted by Gasteiger charge is 2.20. The Morgan fingerprint density at radius 2 is 2.24 bits per heavy atom. The van der Waals surface area contributed by atoms with Crippen LogP contribution in [0.4, 0.5) is 4.39 Å². The summed E-state index contributed by atoms with van der Waals surface area (Å²) in [6, 6.07) is 8.82. The van der Waals surface area contributed by atoms with Crippen LogP contribution >= 0.6 is 0 Å². The van der Waals surface area contributed by atoms with Crippen molar-refractivity contribution in [3.63, 3.8) is 0 Å². The van der Waals surface area contributed by atoms with E-state index in [0.29, 0.717) is 18.3 Å². The van der Waals surface area contributed by atoms with Crippen LogP contribution in [0.5, 0.6) is 0 Å². The minimum Gasteiger partial charge on any atom is -0.356 e. The van der Waals surface area contributed by atoms with Gasteiger partial charge in [0.15, 0.2) is 5.76 Å². The second-order valence-electron chi connectivity index (χ2n) is 4.35. The molecule has 0 spiro atoms. The summed E-state index contributed by atoms with van der Waals surface area (Å²) >= 11 is 0. The Kier molecular flexibility index (Phi) is 2.65. The van der Waals surface area contributed by atoms with Crippen molar-refractivity contribution >= 4 is 0 Å². The number of aromatic nitrogens is 1. The molecule has 1 saturated carbocycles. The Morgan fingerprint density at radius 1 is 1.35 bits per heavy atom. The molecular weight excluding hydrogens is 219 g/mol. The zero-order chi connectivity index (χ0) is 11.7. The molecule has 3 rings (SSSR count). The lowest BCUT2D eigenvalue weighted by Crippen LogP contribution is -2.15. The first-order chi connectivity index (χ1) is 8.31. The van der Waals surface area contributed by atoms with E-state index in [1.54, 1.807) is 6.07 Å². The van der Waals surface area contributed by atoms with Gasteiger partial charge in [-0.15, -0.1) is 0 Å². The van der Waals surface area contributed by atoms with E-state index in [4.69, 9.17) is 4.52 Å². The Morgan fingerprint density at radius 3 is 3.00 bits per heavy atom. The number of rotatable bonds is 4. The molecule has 0 radical (unpaired) electrons. The summed E-state index contributed by atoms with van der Waals surface area (Å²) < 4.78 is 18.2. The molecule has 2 aromatic rings. The van der Waals surface area contributed by atoms with E-state index >= 15 is 0 Å². The Bertz CT molecular complexity index is 520. The van der Waals surface area contributed by atoms with Crippen molar-refractivity contribution < 1.29 is 8.91 Å². The largest absolute Gasteiger partial charge is 0.356 e. The minimum atomic E-state index is -0.267. The van der Waals surface area contributed by atoms with Gasteiger partial charge in [0.2, 0.25) is 0 Å². The molecule has 1 aromatic carbocycles. The fourth-order valence-corrected chi connectivity index (χ4v) is 1.71. The molecule has 1 aliphatic carbocycles. The van der Waals surface area contributed by atoms with Gasteiger partial charge in [0.1, 0.15) is 5.82 Å². The smallest absolute Gasteiger partial charge is 0.167 e. The molecule has 3 nitrogen and oxygen atoms in total. The molecular formula is C13H13FN2O. The molecule has 1 N–H and O–H groups in total. The summed E-state index contributed by atoms with van der Waals surface area (Å²) in [7, 11) is 0. The van der Waals surface area contributed by atoms with Crippen molar-refractivity contribution in [2.24, 2.45) is 0 Å². The quantitative estimate of drug-likeness (QED) is 0.880. The molecule has 0 atom stereocenters. The Labute approximate surface area is 98.6 Å². The van der Waals surface area contributed by atoms with Crippen molar-refractivity contribution in [1.29, 1.82) is 0 Å². The number of benzene rings is 1. The number of hydrogen-bond acceptors (Lipinski definition) is 3. The molecule has 1 heterocycles. The van der Waals surface area contributed by atoms with Gasteiger partial charge in [0.05, 0.1) is 5.69 Å². The maximum Gasteiger partial charge on any atom is 0.167 e. The van der Waals surface area contributed by atoms with E-state index in [2.05, 4.69) is 10.5 Å². The van der Waals surface area contributed by atoms with E-state index < -0.39 is 0 Å². The van der Waals surface area contributed by atoms with Crippen LogP contribution in [0.1, 0.15) is 18.5 Å². The summed E-state index contributed by atoms with van der Waals surface area (Å²) in [4.78, 5) is 0. The monoisotopic (exact) mass is 232 g/mol. The highest BCUT2D eigenvalue weighted by molar-refractivity contribution is 5.57. The number of halogens is 1. The van der Waals surface area contributed by atoms with Crippen LogP contribution in [-0.4, -0.2) is 11.2 Å². The van der Waals surface area contributed by atoms with Crippen molar-refractivity contribution in [3.8, 4) is 11.3 Å². The van der Waals surface area contributed by atoms with E-state index in [-0.39, 0.29) is 5.82 Å². The van der Waals surface area contributed by atoms with E-state index in [1.165, 1.54) is 25.0 Å². The molecule has 0 unspecified atom stereocenters. The van der Waals surface area contributed by atoms with Gasteiger partial charge in [-0.25, -0.2) is 4.39 Å². The molecule has 0 bridgehead atoms. The van der Waals surface area contributed by atoms with Crippen LogP contribution in [0, 0.1) is 5.82 Å². The van der Waals surface area contributed by atoms with Gasteiger partial charge in [-0.1, -0.05) is 17.3 Å². The molecule has 4 heteroatoms. The molecule has 0 aliphatic heterocycles. The minimum absolute atomic E-state index is 0.267.